The van der Waals surface area contributed by atoms with E-state index in [-0.39, 0.29) is 5.75 Å². The first kappa shape index (κ1) is 9.80. The lowest BCUT2D eigenvalue weighted by molar-refractivity contribution is 0.269. The highest BCUT2D eigenvalue weighted by Gasteiger charge is 2.04. The maximum Gasteiger partial charge on any atom is 0.318 e. The molecular weight excluding hydrogens is 197 g/mol. The zero-order valence-electron chi connectivity index (χ0n) is 6.80. The number of amides is 1. The fourth-order valence-corrected chi connectivity index (χ4v) is 0.967. The molecule has 0 heterocycles. The van der Waals surface area contributed by atoms with Crippen LogP contribution in [0.4, 0.5) is 14.9 Å². The summed E-state index contributed by atoms with van der Waals surface area (Å²) in [6.07, 6.45) is 0. The predicted molar refractivity (Wildman–Crippen MR) is 47.8 cm³/mol. The Kier molecular flexibility index (Phi) is 3.08. The van der Waals surface area contributed by atoms with Gasteiger partial charge in [0.1, 0.15) is 0 Å². The lowest BCUT2D eigenvalue weighted by atomic mass is 10.3. The van der Waals surface area contributed by atoms with Crippen molar-refractivity contribution in [2.75, 3.05) is 12.4 Å². The summed E-state index contributed by atoms with van der Waals surface area (Å²) in [5.74, 6) is -0.432. The van der Waals surface area contributed by atoms with Crippen LogP contribution in [0.2, 0.25) is 0 Å². The van der Waals surface area contributed by atoms with Crippen LogP contribution < -0.4 is 10.1 Å². The van der Waals surface area contributed by atoms with Crippen LogP contribution >= 0.6 is 11.6 Å². The van der Waals surface area contributed by atoms with Crippen molar-refractivity contribution >= 4 is 22.7 Å². The predicted octanol–water partition coefficient (Wildman–Crippen LogP) is 2.61. The molecule has 1 amide bonds. The number of carbonyl (C=O) groups is 1. The Bertz CT molecular complexity index is 330. The Morgan fingerprint density at radius 1 is 1.62 bits per heavy atom. The molecule has 1 N–H and O–H groups in total. The summed E-state index contributed by atoms with van der Waals surface area (Å²) in [5, 5.41) is 1.47. The van der Waals surface area contributed by atoms with Crippen LogP contribution in [-0.2, 0) is 0 Å². The summed E-state index contributed by atoms with van der Waals surface area (Å²) in [5.41, 5.74) is 0.290. The van der Waals surface area contributed by atoms with Crippen molar-refractivity contribution < 1.29 is 13.9 Å². The van der Waals surface area contributed by atoms with Crippen LogP contribution in [0.5, 0.6) is 5.75 Å². The van der Waals surface area contributed by atoms with Gasteiger partial charge in [-0.3, -0.25) is 4.79 Å². The van der Waals surface area contributed by atoms with Crippen LogP contribution in [-0.4, -0.2) is 12.5 Å². The quantitative estimate of drug-likeness (QED) is 0.593. The maximum atomic E-state index is 13.0. The number of benzene rings is 1. The van der Waals surface area contributed by atoms with Crippen molar-refractivity contribution in [3.63, 3.8) is 0 Å². The smallest absolute Gasteiger partial charge is 0.318 e. The number of carbonyl (C=O) groups excluding carboxylic acids is 1. The van der Waals surface area contributed by atoms with E-state index in [1.54, 1.807) is 0 Å². The second-order valence-electron chi connectivity index (χ2n) is 2.25. The van der Waals surface area contributed by atoms with E-state index >= 15 is 0 Å². The molecule has 0 aromatic heterocycles. The molecular formula is C8H7ClFNO2. The molecule has 5 heteroatoms. The van der Waals surface area contributed by atoms with Gasteiger partial charge in [-0.2, -0.15) is 0 Å². The number of hydrogen-bond donors (Lipinski definition) is 1. The van der Waals surface area contributed by atoms with Crippen LogP contribution in [0, 0.1) is 5.82 Å². The highest BCUT2D eigenvalue weighted by Crippen LogP contribution is 2.20. The van der Waals surface area contributed by atoms with Gasteiger partial charge >= 0.3 is 5.37 Å². The standard InChI is InChI=1S/C8H7ClFNO2/c1-13-7-3-2-5(4-6(7)10)11-8(9)12/h2-4H,1H3,(H,11,12). The summed E-state index contributed by atoms with van der Waals surface area (Å²) >= 11 is 5.03. The van der Waals surface area contributed by atoms with Gasteiger partial charge in [-0.05, 0) is 23.7 Å². The number of nitrogens with one attached hydrogen (secondary N) is 1. The van der Waals surface area contributed by atoms with E-state index in [2.05, 4.69) is 10.1 Å². The number of halogens is 2. The van der Waals surface area contributed by atoms with Crippen LogP contribution in [0.15, 0.2) is 18.2 Å². The van der Waals surface area contributed by atoms with Crippen molar-refractivity contribution in [1.29, 1.82) is 0 Å². The van der Waals surface area contributed by atoms with E-state index in [0.717, 1.165) is 6.07 Å². The maximum absolute atomic E-state index is 13.0. The van der Waals surface area contributed by atoms with Crippen LogP contribution in [0.25, 0.3) is 0 Å². The van der Waals surface area contributed by atoms with E-state index in [0.29, 0.717) is 5.69 Å². The zero-order valence-corrected chi connectivity index (χ0v) is 7.56. The molecule has 1 aromatic rings. The first-order chi connectivity index (χ1) is 6.13. The molecule has 0 unspecified atom stereocenters. The third kappa shape index (κ3) is 2.59. The molecule has 0 radical (unpaired) electrons. The van der Waals surface area contributed by atoms with E-state index < -0.39 is 11.2 Å². The molecule has 1 rings (SSSR count). The molecule has 0 saturated heterocycles. The van der Waals surface area contributed by atoms with E-state index in [9.17, 15) is 9.18 Å². The van der Waals surface area contributed by atoms with Gasteiger partial charge in [0.05, 0.1) is 7.11 Å². The summed E-state index contributed by atoms with van der Waals surface area (Å²) in [6, 6.07) is 4.01. The van der Waals surface area contributed by atoms with Gasteiger partial charge in [-0.25, -0.2) is 4.39 Å². The van der Waals surface area contributed by atoms with Crippen molar-refractivity contribution in [2.24, 2.45) is 0 Å². The number of methoxy groups -OCH3 is 1. The normalized spacial score (nSPS) is 9.46. The summed E-state index contributed by atoms with van der Waals surface area (Å²) < 4.78 is 17.7. The first-order valence-electron chi connectivity index (χ1n) is 3.43. The third-order valence-corrected chi connectivity index (χ3v) is 1.49. The lowest BCUT2D eigenvalue weighted by Gasteiger charge is -2.04. The zero-order chi connectivity index (χ0) is 9.84. The molecule has 1 aromatic carbocycles. The molecule has 0 bridgehead atoms. The largest absolute Gasteiger partial charge is 0.494 e. The topological polar surface area (TPSA) is 38.3 Å². The molecule has 70 valence electrons. The lowest BCUT2D eigenvalue weighted by Crippen LogP contribution is -2.01. The monoisotopic (exact) mass is 203 g/mol. The van der Waals surface area contributed by atoms with Crippen molar-refractivity contribution in [2.45, 2.75) is 0 Å². The summed E-state index contributed by atoms with van der Waals surface area (Å²) in [4.78, 5) is 10.4. The van der Waals surface area contributed by atoms with E-state index in [1.807, 2.05) is 0 Å². The molecule has 0 atom stereocenters. The minimum Gasteiger partial charge on any atom is -0.494 e. The first-order valence-corrected chi connectivity index (χ1v) is 3.81. The van der Waals surface area contributed by atoms with Gasteiger partial charge in [-0.1, -0.05) is 0 Å². The SMILES string of the molecule is COc1ccc(NC(=O)Cl)cc1F. The second-order valence-corrected chi connectivity index (χ2v) is 2.59. The van der Waals surface area contributed by atoms with Crippen LogP contribution in [0.1, 0.15) is 0 Å². The van der Waals surface area contributed by atoms with Crippen molar-refractivity contribution in [3.05, 3.63) is 24.0 Å². The summed E-state index contributed by atoms with van der Waals surface area (Å²) in [6.45, 7) is 0. The van der Waals surface area contributed by atoms with Gasteiger partial charge < -0.3 is 10.1 Å². The Morgan fingerprint density at radius 3 is 2.77 bits per heavy atom. The number of ether oxygens (including phenoxy) is 1. The molecule has 0 aliphatic carbocycles. The van der Waals surface area contributed by atoms with Crippen molar-refractivity contribution in [1.82, 2.24) is 0 Å². The van der Waals surface area contributed by atoms with Crippen LogP contribution in [0.3, 0.4) is 0 Å². The summed E-state index contributed by atoms with van der Waals surface area (Å²) in [7, 11) is 1.36. The fourth-order valence-electron chi connectivity index (χ4n) is 0.858. The van der Waals surface area contributed by atoms with Gasteiger partial charge in [0.2, 0.25) is 0 Å². The van der Waals surface area contributed by atoms with Gasteiger partial charge in [0.15, 0.2) is 11.6 Å². The molecule has 0 aliphatic heterocycles. The van der Waals surface area contributed by atoms with Gasteiger partial charge in [0, 0.05) is 11.8 Å². The second kappa shape index (κ2) is 4.09. The van der Waals surface area contributed by atoms with Crippen molar-refractivity contribution in [3.8, 4) is 5.75 Å². The average molecular weight is 204 g/mol. The number of rotatable bonds is 2. The molecule has 0 spiro atoms. The Balaban J connectivity index is 2.89. The Morgan fingerprint density at radius 2 is 2.31 bits per heavy atom. The van der Waals surface area contributed by atoms with E-state index in [4.69, 9.17) is 11.6 Å². The minimum atomic E-state index is -0.760. The number of hydrogen-bond acceptors (Lipinski definition) is 2. The Labute approximate surface area is 79.5 Å². The highest BCUT2D eigenvalue weighted by molar-refractivity contribution is 6.65. The molecule has 0 aliphatic rings. The van der Waals surface area contributed by atoms with Gasteiger partial charge in [-0.15, -0.1) is 0 Å². The molecule has 0 saturated carbocycles. The average Bonchev–Trinajstić information content (AvgIpc) is 2.03. The number of anilines is 1. The van der Waals surface area contributed by atoms with Gasteiger partial charge in [0.25, 0.3) is 0 Å². The fraction of sp³-hybridized carbons (Fsp3) is 0.125. The highest BCUT2D eigenvalue weighted by atomic mass is 35.5. The molecule has 0 fully saturated rings. The minimum absolute atomic E-state index is 0.118. The third-order valence-electron chi connectivity index (χ3n) is 1.39. The Hall–Kier alpha value is -1.29. The van der Waals surface area contributed by atoms with E-state index in [1.165, 1.54) is 19.2 Å². The molecule has 3 nitrogen and oxygen atoms in total. The molecule has 13 heavy (non-hydrogen) atoms.